The largest absolute Gasteiger partial charge is 0.493 e. The second kappa shape index (κ2) is 6.97. The van der Waals surface area contributed by atoms with Crippen molar-refractivity contribution in [3.05, 3.63) is 85.3 Å². The molecule has 1 aromatic heterocycles. The molecule has 0 atom stereocenters. The number of aryl methyl sites for hydroxylation is 1. The van der Waals surface area contributed by atoms with E-state index >= 15 is 0 Å². The Morgan fingerprint density at radius 1 is 1.19 bits per heavy atom. The Morgan fingerprint density at radius 3 is 2.54 bits per heavy atom. The summed E-state index contributed by atoms with van der Waals surface area (Å²) in [5.74, 6) is -1.10. The van der Waals surface area contributed by atoms with Gasteiger partial charge in [0.25, 0.3) is 5.56 Å². The smallest absolute Gasteiger partial charge is 0.335 e. The first-order valence-electron chi connectivity index (χ1n) is 7.51. The summed E-state index contributed by atoms with van der Waals surface area (Å²) in [6.45, 7) is 1.84. The SMILES string of the molecule is Cc1ccc(N=Cc2c(O)n(-c3ccc(F)cc3)c(=O)[nH]c2=O)cc1Cl. The zero-order valence-corrected chi connectivity index (χ0v) is 14.3. The normalized spacial score (nSPS) is 11.2. The van der Waals surface area contributed by atoms with Crippen LogP contribution in [0.5, 0.6) is 5.88 Å². The number of hydrogen-bond donors (Lipinski definition) is 2. The standard InChI is InChI=1S/C18H13ClFN3O3/c1-10-2-5-12(8-15(10)19)21-9-14-16(24)22-18(26)23(17(14)25)13-6-3-11(20)4-7-13/h2-9,25H,1H3,(H,22,24,26). The van der Waals surface area contributed by atoms with Crippen LogP contribution in [-0.4, -0.2) is 20.9 Å². The molecule has 3 rings (SSSR count). The summed E-state index contributed by atoms with van der Waals surface area (Å²) in [7, 11) is 0. The van der Waals surface area contributed by atoms with E-state index in [1.807, 2.05) is 6.92 Å². The van der Waals surface area contributed by atoms with Crippen molar-refractivity contribution in [2.75, 3.05) is 0 Å². The average Bonchev–Trinajstić information content (AvgIpc) is 2.59. The maximum atomic E-state index is 13.1. The zero-order chi connectivity index (χ0) is 18.8. The molecule has 0 aliphatic rings. The molecule has 1 heterocycles. The molecule has 3 aromatic rings. The van der Waals surface area contributed by atoms with Crippen molar-refractivity contribution < 1.29 is 9.50 Å². The molecular weight excluding hydrogens is 361 g/mol. The quantitative estimate of drug-likeness (QED) is 0.691. The minimum absolute atomic E-state index is 0.193. The van der Waals surface area contributed by atoms with E-state index in [0.29, 0.717) is 10.7 Å². The van der Waals surface area contributed by atoms with Gasteiger partial charge in [0, 0.05) is 11.2 Å². The van der Waals surface area contributed by atoms with Gasteiger partial charge in [-0.25, -0.2) is 13.8 Å². The molecule has 0 unspecified atom stereocenters. The maximum absolute atomic E-state index is 13.1. The number of aromatic hydroxyl groups is 1. The molecular formula is C18H13ClFN3O3. The molecule has 0 aliphatic heterocycles. The van der Waals surface area contributed by atoms with Gasteiger partial charge in [-0.2, -0.15) is 0 Å². The summed E-state index contributed by atoms with van der Waals surface area (Å²) in [6.07, 6.45) is 1.13. The van der Waals surface area contributed by atoms with E-state index in [0.717, 1.165) is 28.5 Å². The summed E-state index contributed by atoms with van der Waals surface area (Å²) in [5.41, 5.74) is -0.332. The van der Waals surface area contributed by atoms with Crippen LogP contribution in [0, 0.1) is 12.7 Å². The number of benzene rings is 2. The van der Waals surface area contributed by atoms with Gasteiger partial charge >= 0.3 is 5.69 Å². The zero-order valence-electron chi connectivity index (χ0n) is 13.5. The van der Waals surface area contributed by atoms with Gasteiger partial charge in [0.15, 0.2) is 0 Å². The molecule has 8 heteroatoms. The Balaban J connectivity index is 2.10. The molecule has 0 amide bonds. The third-order valence-corrected chi connectivity index (χ3v) is 4.11. The van der Waals surface area contributed by atoms with Crippen LogP contribution >= 0.6 is 11.6 Å². The molecule has 0 saturated carbocycles. The van der Waals surface area contributed by atoms with E-state index in [2.05, 4.69) is 9.98 Å². The number of rotatable bonds is 3. The molecule has 0 fully saturated rings. The number of H-pyrrole nitrogens is 1. The summed E-state index contributed by atoms with van der Waals surface area (Å²) >= 11 is 6.03. The first-order chi connectivity index (χ1) is 12.4. The number of hydrogen-bond acceptors (Lipinski definition) is 4. The second-order valence-corrected chi connectivity index (χ2v) is 5.91. The Kier molecular flexibility index (Phi) is 4.73. The minimum atomic E-state index is -0.852. The third-order valence-electron chi connectivity index (χ3n) is 3.70. The lowest BCUT2D eigenvalue weighted by Crippen LogP contribution is -2.31. The van der Waals surface area contributed by atoms with Crippen LogP contribution in [0.1, 0.15) is 11.1 Å². The van der Waals surface area contributed by atoms with Crippen molar-refractivity contribution in [2.24, 2.45) is 4.99 Å². The van der Waals surface area contributed by atoms with Crippen molar-refractivity contribution in [3.8, 4) is 11.6 Å². The number of aromatic nitrogens is 2. The Hall–Kier alpha value is -3.19. The summed E-state index contributed by atoms with van der Waals surface area (Å²) in [4.78, 5) is 30.3. The molecule has 0 bridgehead atoms. The molecule has 6 nitrogen and oxygen atoms in total. The molecule has 0 spiro atoms. The highest BCUT2D eigenvalue weighted by atomic mass is 35.5. The minimum Gasteiger partial charge on any atom is -0.493 e. The van der Waals surface area contributed by atoms with Gasteiger partial charge in [0.05, 0.1) is 11.4 Å². The van der Waals surface area contributed by atoms with Gasteiger partial charge < -0.3 is 5.11 Å². The molecule has 0 saturated heterocycles. The predicted octanol–water partition coefficient (Wildman–Crippen LogP) is 3.08. The van der Waals surface area contributed by atoms with Gasteiger partial charge in [-0.15, -0.1) is 0 Å². The molecule has 0 radical (unpaired) electrons. The van der Waals surface area contributed by atoms with Crippen LogP contribution in [0.4, 0.5) is 10.1 Å². The first kappa shape index (κ1) is 17.6. The van der Waals surface area contributed by atoms with Gasteiger partial charge in [0.2, 0.25) is 5.88 Å². The van der Waals surface area contributed by atoms with Crippen molar-refractivity contribution in [2.45, 2.75) is 6.92 Å². The molecule has 26 heavy (non-hydrogen) atoms. The fourth-order valence-electron chi connectivity index (χ4n) is 2.29. The second-order valence-electron chi connectivity index (χ2n) is 5.50. The number of halogens is 2. The Morgan fingerprint density at radius 2 is 1.88 bits per heavy atom. The van der Waals surface area contributed by atoms with Gasteiger partial charge in [-0.3, -0.25) is 14.8 Å². The fourth-order valence-corrected chi connectivity index (χ4v) is 2.46. The summed E-state index contributed by atoms with van der Waals surface area (Å²) in [5, 5.41) is 10.9. The maximum Gasteiger partial charge on any atom is 0.335 e. The van der Waals surface area contributed by atoms with Gasteiger partial charge in [0.1, 0.15) is 11.4 Å². The highest BCUT2D eigenvalue weighted by Gasteiger charge is 2.14. The average molecular weight is 374 g/mol. The van der Waals surface area contributed by atoms with E-state index in [9.17, 15) is 19.1 Å². The van der Waals surface area contributed by atoms with E-state index in [1.54, 1.807) is 18.2 Å². The van der Waals surface area contributed by atoms with Crippen LogP contribution in [0.25, 0.3) is 5.69 Å². The summed E-state index contributed by atoms with van der Waals surface area (Å²) in [6, 6.07) is 9.93. The first-order valence-corrected chi connectivity index (χ1v) is 7.89. The van der Waals surface area contributed by atoms with E-state index < -0.39 is 22.9 Å². The van der Waals surface area contributed by atoms with E-state index in [1.165, 1.54) is 12.1 Å². The Labute approximate surface area is 151 Å². The van der Waals surface area contributed by atoms with Crippen molar-refractivity contribution in [1.82, 2.24) is 9.55 Å². The number of aromatic amines is 1. The topological polar surface area (TPSA) is 87.4 Å². The number of aliphatic imine (C=N–C) groups is 1. The van der Waals surface area contributed by atoms with Crippen LogP contribution in [-0.2, 0) is 0 Å². The fraction of sp³-hybridized carbons (Fsp3) is 0.0556. The van der Waals surface area contributed by atoms with Crippen molar-refractivity contribution >= 4 is 23.5 Å². The van der Waals surface area contributed by atoms with Crippen molar-refractivity contribution in [1.29, 1.82) is 0 Å². The monoisotopic (exact) mass is 373 g/mol. The van der Waals surface area contributed by atoms with Crippen LogP contribution in [0.3, 0.4) is 0 Å². The van der Waals surface area contributed by atoms with Gasteiger partial charge in [-0.1, -0.05) is 17.7 Å². The van der Waals surface area contributed by atoms with Crippen LogP contribution in [0.15, 0.2) is 57.0 Å². The predicted molar refractivity (Wildman–Crippen MR) is 97.7 cm³/mol. The summed E-state index contributed by atoms with van der Waals surface area (Å²) < 4.78 is 13.9. The lowest BCUT2D eigenvalue weighted by atomic mass is 10.2. The van der Waals surface area contributed by atoms with Gasteiger partial charge in [-0.05, 0) is 48.9 Å². The highest BCUT2D eigenvalue weighted by molar-refractivity contribution is 6.31. The van der Waals surface area contributed by atoms with Crippen molar-refractivity contribution in [3.63, 3.8) is 0 Å². The third kappa shape index (κ3) is 3.43. The molecule has 2 N–H and O–H groups in total. The lowest BCUT2D eigenvalue weighted by Gasteiger charge is -2.09. The van der Waals surface area contributed by atoms with E-state index in [-0.39, 0.29) is 11.3 Å². The van der Waals surface area contributed by atoms with Crippen LogP contribution < -0.4 is 11.2 Å². The highest BCUT2D eigenvalue weighted by Crippen LogP contribution is 2.22. The Bertz CT molecular complexity index is 1120. The number of nitrogens with zero attached hydrogens (tertiary/aromatic N) is 2. The lowest BCUT2D eigenvalue weighted by molar-refractivity contribution is 0.430. The molecule has 0 aliphatic carbocycles. The number of nitrogens with one attached hydrogen (secondary N) is 1. The van der Waals surface area contributed by atoms with Crippen LogP contribution in [0.2, 0.25) is 5.02 Å². The molecule has 2 aromatic carbocycles. The van der Waals surface area contributed by atoms with E-state index in [4.69, 9.17) is 11.6 Å². The molecule has 132 valence electrons.